The Hall–Kier alpha value is -4.47. The van der Waals surface area contributed by atoms with Crippen molar-refractivity contribution in [3.8, 4) is 5.75 Å². The Morgan fingerprint density at radius 3 is 2.62 bits per heavy atom. The van der Waals surface area contributed by atoms with Crippen molar-refractivity contribution in [3.63, 3.8) is 0 Å². The second-order valence-corrected chi connectivity index (χ2v) is 10.0. The van der Waals surface area contributed by atoms with Crippen molar-refractivity contribution in [1.82, 2.24) is 9.88 Å². The highest BCUT2D eigenvalue weighted by atomic mass is 35.5. The molecule has 0 bridgehead atoms. The lowest BCUT2D eigenvalue weighted by Crippen LogP contribution is -2.28. The number of hydrogen-bond acceptors (Lipinski definition) is 6. The van der Waals surface area contributed by atoms with Crippen LogP contribution >= 0.6 is 23.4 Å². The van der Waals surface area contributed by atoms with Crippen LogP contribution in [0.5, 0.6) is 5.75 Å². The van der Waals surface area contributed by atoms with Crippen molar-refractivity contribution in [2.45, 2.75) is 6.54 Å². The summed E-state index contributed by atoms with van der Waals surface area (Å²) >= 11 is 7.68. The summed E-state index contributed by atoms with van der Waals surface area (Å²) in [5.41, 5.74) is 2.35. The first kappa shape index (κ1) is 27.1. The number of rotatable bonds is 8. The molecule has 0 unspecified atom stereocenters. The predicted octanol–water partition coefficient (Wildman–Crippen LogP) is 6.70. The Morgan fingerprint density at radius 2 is 1.88 bits per heavy atom. The van der Waals surface area contributed by atoms with Gasteiger partial charge < -0.3 is 10.1 Å². The van der Waals surface area contributed by atoms with Crippen LogP contribution in [0.15, 0.2) is 107 Å². The van der Waals surface area contributed by atoms with Gasteiger partial charge in [0.25, 0.3) is 11.8 Å². The molecule has 7 nitrogen and oxygen atoms in total. The molecule has 0 radical (unpaired) electrons. The fourth-order valence-electron chi connectivity index (χ4n) is 3.79. The molecule has 1 N–H and O–H groups in total. The van der Waals surface area contributed by atoms with Gasteiger partial charge in [0.2, 0.25) is 0 Å². The first-order valence-electron chi connectivity index (χ1n) is 12.2. The van der Waals surface area contributed by atoms with Crippen LogP contribution in [-0.2, 0) is 16.1 Å². The first-order chi connectivity index (χ1) is 19.5. The second kappa shape index (κ2) is 12.6. The highest BCUT2D eigenvalue weighted by Gasteiger charge is 2.33. The second-order valence-electron chi connectivity index (χ2n) is 8.60. The highest BCUT2D eigenvalue weighted by molar-refractivity contribution is 8.18. The zero-order chi connectivity index (χ0) is 27.9. The van der Waals surface area contributed by atoms with E-state index in [1.807, 2.05) is 42.5 Å². The van der Waals surface area contributed by atoms with Crippen LogP contribution < -0.4 is 10.1 Å². The topological polar surface area (TPSA) is 83.9 Å². The number of amides is 2. The highest BCUT2D eigenvalue weighted by Crippen LogP contribution is 2.36. The standard InChI is InChI=1S/C30H22ClFN4O3S/c31-23-15-20(12-13-26(23)39-19-28(37)35-25-11-5-4-10-24(25)32)16-27-29(38)36(18-21-7-6-14-33-17-21)30(40-27)34-22-8-2-1-3-9-22/h1-17H,18-19H2,(H,35,37)/b27-16-,34-30?. The molecule has 1 aliphatic rings. The van der Waals surface area contributed by atoms with Crippen molar-refractivity contribution in [3.05, 3.63) is 124 Å². The van der Waals surface area contributed by atoms with Crippen LogP contribution in [0.1, 0.15) is 11.1 Å². The first-order valence-corrected chi connectivity index (χ1v) is 13.4. The van der Waals surface area contributed by atoms with Gasteiger partial charge >= 0.3 is 0 Å². The van der Waals surface area contributed by atoms with E-state index in [0.717, 1.165) is 11.3 Å². The number of carbonyl (C=O) groups excluding carboxylic acids is 2. The SMILES string of the molecule is O=C(COc1ccc(/C=C2\SC(=Nc3ccccc3)N(Cc3cccnc3)C2=O)cc1Cl)Nc1ccccc1F. The summed E-state index contributed by atoms with van der Waals surface area (Å²) < 4.78 is 19.3. The number of pyridine rings is 1. The summed E-state index contributed by atoms with van der Waals surface area (Å²) in [5.74, 6) is -0.979. The minimum absolute atomic E-state index is 0.0654. The summed E-state index contributed by atoms with van der Waals surface area (Å²) in [5, 5.41) is 3.27. The zero-order valence-corrected chi connectivity index (χ0v) is 22.5. The van der Waals surface area contributed by atoms with Crippen LogP contribution in [0.25, 0.3) is 6.08 Å². The lowest BCUT2D eigenvalue weighted by Gasteiger charge is -2.15. The van der Waals surface area contributed by atoms with Gasteiger partial charge in [0.05, 0.1) is 27.8 Å². The quantitative estimate of drug-likeness (QED) is 0.238. The summed E-state index contributed by atoms with van der Waals surface area (Å²) in [7, 11) is 0. The van der Waals surface area contributed by atoms with E-state index in [9.17, 15) is 14.0 Å². The van der Waals surface area contributed by atoms with E-state index >= 15 is 0 Å². The number of aromatic nitrogens is 1. The van der Waals surface area contributed by atoms with E-state index in [1.54, 1.807) is 47.6 Å². The number of nitrogens with one attached hydrogen (secondary N) is 1. The van der Waals surface area contributed by atoms with E-state index in [1.165, 1.54) is 30.0 Å². The number of nitrogens with zero attached hydrogens (tertiary/aromatic N) is 3. The molecule has 2 amide bonds. The molecule has 1 aromatic heterocycles. The van der Waals surface area contributed by atoms with Gasteiger partial charge in [-0.1, -0.05) is 54.1 Å². The molecule has 10 heteroatoms. The summed E-state index contributed by atoms with van der Waals surface area (Å²) in [4.78, 5) is 36.6. The van der Waals surface area contributed by atoms with Gasteiger partial charge in [0.1, 0.15) is 11.6 Å². The van der Waals surface area contributed by atoms with Crippen LogP contribution in [0.2, 0.25) is 5.02 Å². The maximum absolute atomic E-state index is 13.8. The molecule has 4 aromatic rings. The molecule has 0 spiro atoms. The van der Waals surface area contributed by atoms with E-state index in [2.05, 4.69) is 10.3 Å². The fourth-order valence-corrected chi connectivity index (χ4v) is 5.03. The number of para-hydroxylation sites is 2. The van der Waals surface area contributed by atoms with Crippen molar-refractivity contribution < 1.29 is 18.7 Å². The van der Waals surface area contributed by atoms with Gasteiger partial charge in [0, 0.05) is 12.4 Å². The number of carbonyl (C=O) groups is 2. The number of anilines is 1. The van der Waals surface area contributed by atoms with Crippen LogP contribution in [-0.4, -0.2) is 33.5 Å². The predicted molar refractivity (Wildman–Crippen MR) is 156 cm³/mol. The van der Waals surface area contributed by atoms with Crippen molar-refractivity contribution in [2.75, 3.05) is 11.9 Å². The lowest BCUT2D eigenvalue weighted by molar-refractivity contribution is -0.122. The molecule has 1 saturated heterocycles. The molecule has 200 valence electrons. The molecule has 2 heterocycles. The van der Waals surface area contributed by atoms with Gasteiger partial charge in [-0.05, 0) is 71.4 Å². The molecular weight excluding hydrogens is 551 g/mol. The molecule has 0 atom stereocenters. The van der Waals surface area contributed by atoms with Crippen molar-refractivity contribution in [2.24, 2.45) is 4.99 Å². The maximum Gasteiger partial charge on any atom is 0.267 e. The van der Waals surface area contributed by atoms with Gasteiger partial charge in [0.15, 0.2) is 11.8 Å². The molecular formula is C30H22ClFN4O3S. The fraction of sp³-hybridized carbons (Fsp3) is 0.0667. The molecule has 40 heavy (non-hydrogen) atoms. The van der Waals surface area contributed by atoms with Crippen LogP contribution in [0.4, 0.5) is 15.8 Å². The molecule has 0 saturated carbocycles. The number of thioether (sulfide) groups is 1. The van der Waals surface area contributed by atoms with Crippen molar-refractivity contribution >= 4 is 57.8 Å². The third-order valence-electron chi connectivity index (χ3n) is 5.69. The number of aliphatic imine (C=N–C) groups is 1. The summed E-state index contributed by atoms with van der Waals surface area (Å²) in [6.45, 7) is -0.0312. The Balaban J connectivity index is 1.31. The average Bonchev–Trinajstić information content (AvgIpc) is 3.23. The molecule has 1 fully saturated rings. The monoisotopic (exact) mass is 572 g/mol. The number of halogens is 2. The summed E-state index contributed by atoms with van der Waals surface area (Å²) in [6.07, 6.45) is 5.13. The Kier molecular flexibility index (Phi) is 8.53. The molecule has 5 rings (SSSR count). The largest absolute Gasteiger partial charge is 0.482 e. The van der Waals surface area contributed by atoms with E-state index in [0.29, 0.717) is 22.2 Å². The minimum atomic E-state index is -0.540. The Morgan fingerprint density at radius 1 is 1.07 bits per heavy atom. The lowest BCUT2D eigenvalue weighted by atomic mass is 10.2. The third kappa shape index (κ3) is 6.74. The van der Waals surface area contributed by atoms with E-state index < -0.39 is 11.7 Å². The number of ether oxygens (including phenoxy) is 1. The molecule has 3 aromatic carbocycles. The van der Waals surface area contributed by atoms with Crippen LogP contribution in [0, 0.1) is 5.82 Å². The average molecular weight is 573 g/mol. The third-order valence-corrected chi connectivity index (χ3v) is 6.99. The van der Waals surface area contributed by atoms with Crippen molar-refractivity contribution in [1.29, 1.82) is 0 Å². The smallest absolute Gasteiger partial charge is 0.267 e. The number of benzene rings is 3. The van der Waals surface area contributed by atoms with Crippen LogP contribution in [0.3, 0.4) is 0 Å². The van der Waals surface area contributed by atoms with Gasteiger partial charge in [-0.2, -0.15) is 0 Å². The Bertz CT molecular complexity index is 1600. The number of hydrogen-bond donors (Lipinski definition) is 1. The van der Waals surface area contributed by atoms with Gasteiger partial charge in [-0.15, -0.1) is 0 Å². The molecule has 1 aliphatic heterocycles. The van der Waals surface area contributed by atoms with Gasteiger partial charge in [-0.3, -0.25) is 19.5 Å². The van der Waals surface area contributed by atoms with Gasteiger partial charge in [-0.25, -0.2) is 9.38 Å². The normalized spacial score (nSPS) is 15.1. The maximum atomic E-state index is 13.8. The van der Waals surface area contributed by atoms with E-state index in [4.69, 9.17) is 21.3 Å². The van der Waals surface area contributed by atoms with E-state index in [-0.39, 0.29) is 29.0 Å². The summed E-state index contributed by atoms with van der Waals surface area (Å²) in [6, 6.07) is 24.0. The Labute approximate surface area is 239 Å². The zero-order valence-electron chi connectivity index (χ0n) is 21.0. The number of amidine groups is 1. The molecule has 0 aliphatic carbocycles. The minimum Gasteiger partial charge on any atom is -0.482 e.